The van der Waals surface area contributed by atoms with E-state index in [1.165, 1.54) is 11.3 Å². The van der Waals surface area contributed by atoms with Gasteiger partial charge in [0.1, 0.15) is 0 Å². The van der Waals surface area contributed by atoms with Crippen LogP contribution < -0.4 is 0 Å². The molecule has 2 aromatic carbocycles. The Morgan fingerprint density at radius 3 is 2.10 bits per heavy atom. The van der Waals surface area contributed by atoms with Gasteiger partial charge in [-0.05, 0) is 29.8 Å². The summed E-state index contributed by atoms with van der Waals surface area (Å²) in [5.41, 5.74) is 3.01. The quantitative estimate of drug-likeness (QED) is 0.488. The standard InChI is InChI=1S/C15H8BrCl2NS/c16-11-5-1-9(2-6-11)13-14(20-15(18)19-13)10-3-7-12(17)8-4-10/h1-8H. The zero-order valence-corrected chi connectivity index (χ0v) is 14.0. The van der Waals surface area contributed by atoms with Crippen molar-refractivity contribution in [3.05, 3.63) is 62.5 Å². The van der Waals surface area contributed by atoms with Gasteiger partial charge in [-0.1, -0.05) is 63.4 Å². The number of nitrogens with zero attached hydrogens (tertiary/aromatic N) is 1. The molecule has 20 heavy (non-hydrogen) atoms. The van der Waals surface area contributed by atoms with Crippen molar-refractivity contribution < 1.29 is 0 Å². The van der Waals surface area contributed by atoms with Crippen molar-refractivity contribution >= 4 is 50.5 Å². The van der Waals surface area contributed by atoms with Gasteiger partial charge in [-0.3, -0.25) is 0 Å². The molecule has 1 heterocycles. The molecular formula is C15H8BrCl2NS. The molecular weight excluding hydrogens is 377 g/mol. The summed E-state index contributed by atoms with van der Waals surface area (Å²) in [6.07, 6.45) is 0. The first-order chi connectivity index (χ1) is 9.63. The van der Waals surface area contributed by atoms with Crippen molar-refractivity contribution in [1.82, 2.24) is 4.98 Å². The summed E-state index contributed by atoms with van der Waals surface area (Å²) >= 11 is 16.9. The Balaban J connectivity index is 2.12. The predicted molar refractivity (Wildman–Crippen MR) is 90.7 cm³/mol. The number of thiazole rings is 1. The third kappa shape index (κ3) is 2.91. The molecule has 0 atom stereocenters. The van der Waals surface area contributed by atoms with Gasteiger partial charge in [0.25, 0.3) is 0 Å². The molecule has 0 radical (unpaired) electrons. The second-order valence-electron chi connectivity index (χ2n) is 4.16. The van der Waals surface area contributed by atoms with Crippen LogP contribution in [0.25, 0.3) is 21.7 Å². The minimum atomic E-state index is 0.535. The fourth-order valence-corrected chi connectivity index (χ4v) is 3.42. The summed E-state index contributed by atoms with van der Waals surface area (Å²) in [6.45, 7) is 0. The molecule has 0 aliphatic rings. The van der Waals surface area contributed by atoms with Gasteiger partial charge in [-0.2, -0.15) is 0 Å². The highest BCUT2D eigenvalue weighted by atomic mass is 79.9. The van der Waals surface area contributed by atoms with Gasteiger partial charge in [-0.15, -0.1) is 11.3 Å². The Kier molecular flexibility index (Phi) is 4.13. The van der Waals surface area contributed by atoms with Crippen molar-refractivity contribution in [2.75, 3.05) is 0 Å². The zero-order chi connectivity index (χ0) is 14.1. The number of benzene rings is 2. The number of rotatable bonds is 2. The van der Waals surface area contributed by atoms with Crippen molar-refractivity contribution in [2.24, 2.45) is 0 Å². The van der Waals surface area contributed by atoms with Crippen molar-refractivity contribution in [3.8, 4) is 21.7 Å². The molecule has 0 saturated heterocycles. The molecule has 1 aromatic heterocycles. The highest BCUT2D eigenvalue weighted by Crippen LogP contribution is 2.39. The fraction of sp³-hybridized carbons (Fsp3) is 0. The molecule has 3 aromatic rings. The van der Waals surface area contributed by atoms with E-state index in [0.29, 0.717) is 4.47 Å². The van der Waals surface area contributed by atoms with Crippen LogP contribution in [0.15, 0.2) is 53.0 Å². The molecule has 0 spiro atoms. The molecule has 5 heteroatoms. The summed E-state index contributed by atoms with van der Waals surface area (Å²) in [5.74, 6) is 0. The van der Waals surface area contributed by atoms with Crippen molar-refractivity contribution in [3.63, 3.8) is 0 Å². The number of hydrogen-bond acceptors (Lipinski definition) is 2. The van der Waals surface area contributed by atoms with Gasteiger partial charge in [0.05, 0.1) is 10.6 Å². The van der Waals surface area contributed by atoms with Crippen LogP contribution in [-0.4, -0.2) is 4.98 Å². The van der Waals surface area contributed by atoms with E-state index in [0.717, 1.165) is 31.2 Å². The average Bonchev–Trinajstić information content (AvgIpc) is 2.82. The first-order valence-electron chi connectivity index (χ1n) is 5.82. The maximum absolute atomic E-state index is 6.10. The lowest BCUT2D eigenvalue weighted by Crippen LogP contribution is -1.82. The van der Waals surface area contributed by atoms with E-state index >= 15 is 0 Å². The molecule has 0 N–H and O–H groups in total. The topological polar surface area (TPSA) is 12.9 Å². The number of aromatic nitrogens is 1. The van der Waals surface area contributed by atoms with Crippen LogP contribution in [0.1, 0.15) is 0 Å². The van der Waals surface area contributed by atoms with E-state index < -0.39 is 0 Å². The van der Waals surface area contributed by atoms with E-state index in [4.69, 9.17) is 23.2 Å². The Morgan fingerprint density at radius 2 is 1.45 bits per heavy atom. The van der Waals surface area contributed by atoms with E-state index in [-0.39, 0.29) is 0 Å². The zero-order valence-electron chi connectivity index (χ0n) is 10.1. The maximum atomic E-state index is 6.10. The van der Waals surface area contributed by atoms with Crippen LogP contribution >= 0.6 is 50.5 Å². The van der Waals surface area contributed by atoms with E-state index in [2.05, 4.69) is 20.9 Å². The summed E-state index contributed by atoms with van der Waals surface area (Å²) in [7, 11) is 0. The van der Waals surface area contributed by atoms with Gasteiger partial charge in [0, 0.05) is 15.1 Å². The Hall–Kier alpha value is -0.870. The molecule has 0 unspecified atom stereocenters. The Labute approximate surface area is 139 Å². The van der Waals surface area contributed by atoms with E-state index in [9.17, 15) is 0 Å². The van der Waals surface area contributed by atoms with Gasteiger partial charge in [0.2, 0.25) is 0 Å². The summed E-state index contributed by atoms with van der Waals surface area (Å²) in [4.78, 5) is 5.50. The monoisotopic (exact) mass is 383 g/mol. The molecule has 3 rings (SSSR count). The molecule has 100 valence electrons. The van der Waals surface area contributed by atoms with Crippen molar-refractivity contribution in [2.45, 2.75) is 0 Å². The summed E-state index contributed by atoms with van der Waals surface area (Å²) in [5, 5.41) is 0.717. The third-order valence-electron chi connectivity index (χ3n) is 2.83. The molecule has 0 aliphatic carbocycles. The second-order valence-corrected chi connectivity index (χ2v) is 7.09. The van der Waals surface area contributed by atoms with Crippen LogP contribution in [0.5, 0.6) is 0 Å². The summed E-state index contributed by atoms with van der Waals surface area (Å²) < 4.78 is 1.57. The highest BCUT2D eigenvalue weighted by molar-refractivity contribution is 9.10. The lowest BCUT2D eigenvalue weighted by Gasteiger charge is -2.03. The highest BCUT2D eigenvalue weighted by Gasteiger charge is 2.14. The van der Waals surface area contributed by atoms with Crippen LogP contribution in [0.4, 0.5) is 0 Å². The van der Waals surface area contributed by atoms with E-state index in [1.54, 1.807) is 0 Å². The lowest BCUT2D eigenvalue weighted by atomic mass is 10.1. The molecule has 0 amide bonds. The number of hydrogen-bond donors (Lipinski definition) is 0. The smallest absolute Gasteiger partial charge is 0.184 e. The van der Waals surface area contributed by atoms with Crippen LogP contribution in [0, 0.1) is 0 Å². The van der Waals surface area contributed by atoms with Crippen LogP contribution in [0.2, 0.25) is 9.49 Å². The predicted octanol–water partition coefficient (Wildman–Crippen LogP) is 6.55. The van der Waals surface area contributed by atoms with Gasteiger partial charge < -0.3 is 0 Å². The first-order valence-corrected chi connectivity index (χ1v) is 8.18. The molecule has 1 nitrogen and oxygen atoms in total. The largest absolute Gasteiger partial charge is 0.224 e. The van der Waals surface area contributed by atoms with Gasteiger partial charge in [0.15, 0.2) is 4.47 Å². The lowest BCUT2D eigenvalue weighted by molar-refractivity contribution is 1.40. The summed E-state index contributed by atoms with van der Waals surface area (Å²) in [6, 6.07) is 15.7. The number of halogens is 3. The molecule has 0 bridgehead atoms. The third-order valence-corrected chi connectivity index (χ3v) is 4.81. The SMILES string of the molecule is Clc1ccc(-c2sc(Cl)nc2-c2ccc(Br)cc2)cc1. The Morgan fingerprint density at radius 1 is 0.850 bits per heavy atom. The van der Waals surface area contributed by atoms with Crippen LogP contribution in [-0.2, 0) is 0 Å². The maximum Gasteiger partial charge on any atom is 0.184 e. The van der Waals surface area contributed by atoms with E-state index in [1.807, 2.05) is 48.5 Å². The minimum Gasteiger partial charge on any atom is -0.224 e. The second kappa shape index (κ2) is 5.86. The molecule has 0 aliphatic heterocycles. The Bertz CT molecular complexity index is 673. The van der Waals surface area contributed by atoms with Gasteiger partial charge in [-0.25, -0.2) is 4.98 Å². The normalized spacial score (nSPS) is 10.8. The van der Waals surface area contributed by atoms with Crippen molar-refractivity contribution in [1.29, 1.82) is 0 Å². The first kappa shape index (κ1) is 14.1. The van der Waals surface area contributed by atoms with Gasteiger partial charge >= 0.3 is 0 Å². The molecule has 0 fully saturated rings. The molecule has 0 saturated carbocycles. The fourth-order valence-electron chi connectivity index (χ4n) is 1.89. The average molecular weight is 385 g/mol. The van der Waals surface area contributed by atoms with Crippen LogP contribution in [0.3, 0.4) is 0 Å². The minimum absolute atomic E-state index is 0.535.